The van der Waals surface area contributed by atoms with Gasteiger partial charge in [0.05, 0.1) is 11.7 Å². The van der Waals surface area contributed by atoms with E-state index in [2.05, 4.69) is 5.43 Å². The smallest absolute Gasteiger partial charge is 0.382 e. The summed E-state index contributed by atoms with van der Waals surface area (Å²) in [7, 11) is 1.59. The molecular formula is C13H19F3N2O. The van der Waals surface area contributed by atoms with Crippen LogP contribution in [-0.4, -0.2) is 19.3 Å². The summed E-state index contributed by atoms with van der Waals surface area (Å²) >= 11 is 0. The predicted molar refractivity (Wildman–Crippen MR) is 67.3 cm³/mol. The molecule has 0 fully saturated rings. The molecule has 2 atom stereocenters. The number of ether oxygens (including phenoxy) is 1. The molecule has 0 bridgehead atoms. The zero-order chi connectivity index (χ0) is 14.5. The van der Waals surface area contributed by atoms with Gasteiger partial charge in [0.25, 0.3) is 0 Å². The number of hydrogen-bond donors (Lipinski definition) is 2. The molecule has 3 N–H and O–H groups in total. The molecule has 0 spiro atoms. The van der Waals surface area contributed by atoms with Crippen LogP contribution in [0.4, 0.5) is 13.2 Å². The molecule has 0 amide bonds. The van der Waals surface area contributed by atoms with Gasteiger partial charge in [0.2, 0.25) is 0 Å². The van der Waals surface area contributed by atoms with Gasteiger partial charge in [-0.1, -0.05) is 18.2 Å². The molecule has 0 radical (unpaired) electrons. The van der Waals surface area contributed by atoms with Crippen molar-refractivity contribution in [1.29, 1.82) is 0 Å². The molecule has 0 saturated carbocycles. The fourth-order valence-corrected chi connectivity index (χ4v) is 1.87. The zero-order valence-corrected chi connectivity index (χ0v) is 11.0. The first kappa shape index (κ1) is 15.9. The monoisotopic (exact) mass is 276 g/mol. The summed E-state index contributed by atoms with van der Waals surface area (Å²) in [6, 6.07) is 5.16. The van der Waals surface area contributed by atoms with Crippen LogP contribution in [-0.2, 0) is 17.3 Å². The summed E-state index contributed by atoms with van der Waals surface area (Å²) in [5.74, 6) is 5.42. The molecular weight excluding hydrogens is 257 g/mol. The van der Waals surface area contributed by atoms with Gasteiger partial charge in [-0.25, -0.2) is 0 Å². The molecule has 6 heteroatoms. The number of nitrogens with two attached hydrogens (primary N) is 1. The second-order valence-corrected chi connectivity index (χ2v) is 4.55. The fraction of sp³-hybridized carbons (Fsp3) is 0.538. The molecule has 0 heterocycles. The van der Waals surface area contributed by atoms with E-state index in [9.17, 15) is 13.2 Å². The largest absolute Gasteiger partial charge is 0.416 e. The molecule has 108 valence electrons. The van der Waals surface area contributed by atoms with Gasteiger partial charge in [0.15, 0.2) is 0 Å². The minimum absolute atomic E-state index is 0.00755. The molecule has 1 aromatic carbocycles. The Kier molecular flexibility index (Phi) is 5.78. The van der Waals surface area contributed by atoms with Crippen molar-refractivity contribution in [3.63, 3.8) is 0 Å². The summed E-state index contributed by atoms with van der Waals surface area (Å²) in [4.78, 5) is 0. The van der Waals surface area contributed by atoms with E-state index >= 15 is 0 Å². The lowest BCUT2D eigenvalue weighted by Gasteiger charge is -2.20. The third-order valence-corrected chi connectivity index (χ3v) is 2.99. The number of rotatable bonds is 6. The first-order chi connectivity index (χ1) is 8.86. The Hall–Kier alpha value is -1.11. The Balaban J connectivity index is 2.75. The van der Waals surface area contributed by atoms with Crippen LogP contribution in [0.2, 0.25) is 0 Å². The van der Waals surface area contributed by atoms with Gasteiger partial charge < -0.3 is 4.74 Å². The topological polar surface area (TPSA) is 47.3 Å². The zero-order valence-electron chi connectivity index (χ0n) is 11.0. The standard InChI is InChI=1S/C13H19F3N2O/c1-9(19-2)6-12(18-17)8-10-4-3-5-11(7-10)13(14,15)16/h3-5,7,9,12,18H,6,8,17H2,1-2H3. The van der Waals surface area contributed by atoms with E-state index in [0.717, 1.165) is 12.1 Å². The van der Waals surface area contributed by atoms with Crippen LogP contribution in [0.3, 0.4) is 0 Å². The second kappa shape index (κ2) is 6.88. The third-order valence-electron chi connectivity index (χ3n) is 2.99. The van der Waals surface area contributed by atoms with E-state index < -0.39 is 11.7 Å². The SMILES string of the molecule is COC(C)CC(Cc1cccc(C(F)(F)F)c1)NN. The van der Waals surface area contributed by atoms with Crippen molar-refractivity contribution in [2.24, 2.45) is 5.84 Å². The highest BCUT2D eigenvalue weighted by molar-refractivity contribution is 5.26. The molecule has 0 saturated heterocycles. The molecule has 0 aliphatic rings. The Morgan fingerprint density at radius 1 is 1.37 bits per heavy atom. The normalized spacial score (nSPS) is 15.3. The second-order valence-electron chi connectivity index (χ2n) is 4.55. The average molecular weight is 276 g/mol. The quantitative estimate of drug-likeness (QED) is 0.620. The van der Waals surface area contributed by atoms with Crippen LogP contribution in [0.5, 0.6) is 0 Å². The first-order valence-electron chi connectivity index (χ1n) is 6.02. The van der Waals surface area contributed by atoms with Crippen LogP contribution in [0.25, 0.3) is 0 Å². The minimum Gasteiger partial charge on any atom is -0.382 e. The molecule has 19 heavy (non-hydrogen) atoms. The van der Waals surface area contributed by atoms with Crippen LogP contribution >= 0.6 is 0 Å². The van der Waals surface area contributed by atoms with Gasteiger partial charge in [0, 0.05) is 13.2 Å². The third kappa shape index (κ3) is 5.18. The van der Waals surface area contributed by atoms with Gasteiger partial charge in [0.1, 0.15) is 0 Å². The molecule has 0 aliphatic carbocycles. The van der Waals surface area contributed by atoms with Crippen LogP contribution in [0, 0.1) is 0 Å². The maximum Gasteiger partial charge on any atom is 0.416 e. The van der Waals surface area contributed by atoms with E-state index in [1.807, 2.05) is 6.92 Å². The molecule has 1 aromatic rings. The predicted octanol–water partition coefficient (Wildman–Crippen LogP) is 2.50. The Labute approximate surface area is 110 Å². The fourth-order valence-electron chi connectivity index (χ4n) is 1.87. The molecule has 1 rings (SSSR count). The summed E-state index contributed by atoms with van der Waals surface area (Å²) in [5, 5.41) is 0. The highest BCUT2D eigenvalue weighted by Crippen LogP contribution is 2.29. The van der Waals surface area contributed by atoms with E-state index in [4.69, 9.17) is 10.6 Å². The van der Waals surface area contributed by atoms with E-state index in [-0.39, 0.29) is 12.1 Å². The van der Waals surface area contributed by atoms with Crippen LogP contribution in [0.15, 0.2) is 24.3 Å². The number of halogens is 3. The lowest BCUT2D eigenvalue weighted by molar-refractivity contribution is -0.137. The molecule has 0 aliphatic heterocycles. The molecule has 0 aromatic heterocycles. The molecule has 2 unspecified atom stereocenters. The van der Waals surface area contributed by atoms with Gasteiger partial charge in [-0.15, -0.1) is 0 Å². The van der Waals surface area contributed by atoms with Gasteiger partial charge >= 0.3 is 6.18 Å². The number of nitrogens with one attached hydrogen (secondary N) is 1. The molecule has 3 nitrogen and oxygen atoms in total. The minimum atomic E-state index is -4.32. The van der Waals surface area contributed by atoms with Crippen molar-refractivity contribution >= 4 is 0 Å². The summed E-state index contributed by atoms with van der Waals surface area (Å²) in [5.41, 5.74) is 2.57. The number of alkyl halides is 3. The lowest BCUT2D eigenvalue weighted by atomic mass is 10.00. The Morgan fingerprint density at radius 3 is 2.58 bits per heavy atom. The van der Waals surface area contributed by atoms with Crippen molar-refractivity contribution in [3.8, 4) is 0 Å². The number of hydrazine groups is 1. The van der Waals surface area contributed by atoms with Gasteiger partial charge in [-0.3, -0.25) is 11.3 Å². The maximum absolute atomic E-state index is 12.6. The Bertz CT molecular complexity index is 396. The number of methoxy groups -OCH3 is 1. The number of hydrogen-bond acceptors (Lipinski definition) is 3. The maximum atomic E-state index is 12.6. The van der Waals surface area contributed by atoms with Gasteiger partial charge in [-0.2, -0.15) is 13.2 Å². The highest BCUT2D eigenvalue weighted by Gasteiger charge is 2.30. The van der Waals surface area contributed by atoms with Crippen molar-refractivity contribution in [2.45, 2.75) is 38.1 Å². The average Bonchev–Trinajstić information content (AvgIpc) is 2.37. The first-order valence-corrected chi connectivity index (χ1v) is 6.02. The van der Waals surface area contributed by atoms with Crippen LogP contribution < -0.4 is 11.3 Å². The van der Waals surface area contributed by atoms with E-state index in [0.29, 0.717) is 18.4 Å². The van der Waals surface area contributed by atoms with Gasteiger partial charge in [-0.05, 0) is 31.4 Å². The Morgan fingerprint density at radius 2 is 2.05 bits per heavy atom. The highest BCUT2D eigenvalue weighted by atomic mass is 19.4. The van der Waals surface area contributed by atoms with Crippen molar-refractivity contribution in [1.82, 2.24) is 5.43 Å². The van der Waals surface area contributed by atoms with Crippen molar-refractivity contribution in [2.75, 3.05) is 7.11 Å². The lowest BCUT2D eigenvalue weighted by Crippen LogP contribution is -2.39. The van der Waals surface area contributed by atoms with Crippen molar-refractivity contribution < 1.29 is 17.9 Å². The van der Waals surface area contributed by atoms with Crippen molar-refractivity contribution in [3.05, 3.63) is 35.4 Å². The summed E-state index contributed by atoms with van der Waals surface area (Å²) < 4.78 is 42.9. The van der Waals surface area contributed by atoms with Crippen LogP contribution in [0.1, 0.15) is 24.5 Å². The summed E-state index contributed by atoms with van der Waals surface area (Å²) in [6.45, 7) is 1.89. The van der Waals surface area contributed by atoms with E-state index in [1.54, 1.807) is 13.2 Å². The van der Waals surface area contributed by atoms with E-state index in [1.165, 1.54) is 6.07 Å². The summed E-state index contributed by atoms with van der Waals surface area (Å²) in [6.07, 6.45) is -3.27. The number of benzene rings is 1.